The topological polar surface area (TPSA) is 89.5 Å². The summed E-state index contributed by atoms with van der Waals surface area (Å²) in [5.74, 6) is -1.38. The number of nitrogens with one attached hydrogen (secondary N) is 1. The summed E-state index contributed by atoms with van der Waals surface area (Å²) < 4.78 is 64.5. The minimum Gasteiger partial charge on any atom is -0.465 e. The van der Waals surface area contributed by atoms with Gasteiger partial charge in [-0.2, -0.15) is 13.2 Å². The number of methoxy groups -OCH3 is 1. The number of hydrogen-bond acceptors (Lipinski definition) is 6. The van der Waals surface area contributed by atoms with E-state index in [2.05, 4.69) is 10.1 Å². The third-order valence-electron chi connectivity index (χ3n) is 3.02. The molecule has 0 atom stereocenters. The minimum atomic E-state index is -5.48. The Labute approximate surface area is 144 Å². The number of hydrogen-bond donors (Lipinski definition) is 1. The van der Waals surface area contributed by atoms with Gasteiger partial charge in [-0.15, -0.1) is 11.3 Å². The SMILES string of the molecule is COC(=O)c1sccc1NC(=O)c1ccc(S(=O)(=O)C(F)(F)F)cc1. The number of sulfone groups is 1. The fraction of sp³-hybridized carbons (Fsp3) is 0.143. The van der Waals surface area contributed by atoms with Crippen LogP contribution in [0.1, 0.15) is 20.0 Å². The number of benzene rings is 1. The van der Waals surface area contributed by atoms with E-state index >= 15 is 0 Å². The van der Waals surface area contributed by atoms with E-state index in [4.69, 9.17) is 0 Å². The second-order valence-electron chi connectivity index (χ2n) is 4.58. The summed E-state index contributed by atoms with van der Waals surface area (Å²) in [6.45, 7) is 0. The number of amides is 1. The van der Waals surface area contributed by atoms with E-state index in [1.807, 2.05) is 0 Å². The van der Waals surface area contributed by atoms with Crippen LogP contribution in [0.15, 0.2) is 40.6 Å². The van der Waals surface area contributed by atoms with Crippen molar-refractivity contribution in [1.82, 2.24) is 0 Å². The summed E-state index contributed by atoms with van der Waals surface area (Å²) in [6, 6.07) is 4.72. The number of alkyl halides is 3. The Morgan fingerprint density at radius 2 is 1.72 bits per heavy atom. The average molecular weight is 393 g/mol. The molecule has 0 aliphatic rings. The van der Waals surface area contributed by atoms with Gasteiger partial charge in [0.15, 0.2) is 0 Å². The fourth-order valence-corrected chi connectivity index (χ4v) is 3.30. The highest BCUT2D eigenvalue weighted by Crippen LogP contribution is 2.30. The zero-order valence-corrected chi connectivity index (χ0v) is 14.1. The van der Waals surface area contributed by atoms with Crippen molar-refractivity contribution in [3.63, 3.8) is 0 Å². The molecule has 0 radical (unpaired) electrons. The van der Waals surface area contributed by atoms with Gasteiger partial charge in [-0.25, -0.2) is 13.2 Å². The molecule has 6 nitrogen and oxygen atoms in total. The van der Waals surface area contributed by atoms with Crippen molar-refractivity contribution >= 4 is 38.7 Å². The Morgan fingerprint density at radius 1 is 1.12 bits per heavy atom. The average Bonchev–Trinajstić information content (AvgIpc) is 3.01. The lowest BCUT2D eigenvalue weighted by Crippen LogP contribution is -2.23. The molecule has 2 rings (SSSR count). The number of carbonyl (C=O) groups excluding carboxylic acids is 2. The van der Waals surface area contributed by atoms with Crippen LogP contribution in [0.2, 0.25) is 0 Å². The van der Waals surface area contributed by atoms with Crippen LogP contribution >= 0.6 is 11.3 Å². The lowest BCUT2D eigenvalue weighted by Gasteiger charge is -2.09. The van der Waals surface area contributed by atoms with Gasteiger partial charge < -0.3 is 10.1 Å². The second-order valence-corrected chi connectivity index (χ2v) is 7.44. The third-order valence-corrected chi connectivity index (χ3v) is 5.41. The first-order valence-corrected chi connectivity index (χ1v) is 8.83. The molecule has 11 heteroatoms. The number of carbonyl (C=O) groups is 2. The molecule has 0 spiro atoms. The Balaban J connectivity index is 2.23. The van der Waals surface area contributed by atoms with Gasteiger partial charge in [0.1, 0.15) is 4.88 Å². The van der Waals surface area contributed by atoms with Crippen LogP contribution in [-0.4, -0.2) is 32.9 Å². The monoisotopic (exact) mass is 393 g/mol. The van der Waals surface area contributed by atoms with Crippen molar-refractivity contribution in [3.8, 4) is 0 Å². The standard InChI is InChI=1S/C14H10F3NO5S2/c1-23-13(20)11-10(6-7-24-11)18-12(19)8-2-4-9(5-3-8)25(21,22)14(15,16)17/h2-7H,1H3,(H,18,19). The zero-order chi connectivity index (χ0) is 18.8. The van der Waals surface area contributed by atoms with Gasteiger partial charge in [0.2, 0.25) is 0 Å². The van der Waals surface area contributed by atoms with Crippen LogP contribution in [0, 0.1) is 0 Å². The maximum Gasteiger partial charge on any atom is 0.501 e. The Bertz CT molecular complexity index is 901. The van der Waals surface area contributed by atoms with Crippen molar-refractivity contribution < 1.29 is 35.9 Å². The van der Waals surface area contributed by atoms with Crippen LogP contribution in [0.3, 0.4) is 0 Å². The lowest BCUT2D eigenvalue weighted by molar-refractivity contribution is -0.0436. The van der Waals surface area contributed by atoms with E-state index in [0.29, 0.717) is 12.1 Å². The smallest absolute Gasteiger partial charge is 0.465 e. The van der Waals surface area contributed by atoms with Crippen LogP contribution in [0.5, 0.6) is 0 Å². The molecular weight excluding hydrogens is 383 g/mol. The first-order valence-electron chi connectivity index (χ1n) is 6.46. The molecule has 2 aromatic rings. The van der Waals surface area contributed by atoms with Gasteiger partial charge in [0, 0.05) is 5.56 Å². The normalized spacial score (nSPS) is 11.8. The molecule has 0 saturated heterocycles. The van der Waals surface area contributed by atoms with E-state index in [0.717, 1.165) is 23.5 Å². The first-order chi connectivity index (χ1) is 11.6. The van der Waals surface area contributed by atoms with E-state index in [9.17, 15) is 31.2 Å². The molecular formula is C14H10F3NO5S2. The predicted octanol–water partition coefficient (Wildman–Crippen LogP) is 3.08. The van der Waals surface area contributed by atoms with Crippen molar-refractivity contribution in [2.75, 3.05) is 12.4 Å². The van der Waals surface area contributed by atoms with Crippen molar-refractivity contribution in [1.29, 1.82) is 0 Å². The lowest BCUT2D eigenvalue weighted by atomic mass is 10.2. The van der Waals surface area contributed by atoms with Gasteiger partial charge in [-0.05, 0) is 35.7 Å². The Hall–Kier alpha value is -2.40. The Kier molecular flexibility index (Phi) is 5.18. The van der Waals surface area contributed by atoms with Crippen LogP contribution < -0.4 is 5.32 Å². The molecule has 1 amide bonds. The predicted molar refractivity (Wildman–Crippen MR) is 83.3 cm³/mol. The van der Waals surface area contributed by atoms with Gasteiger partial charge in [-0.1, -0.05) is 0 Å². The number of halogens is 3. The van der Waals surface area contributed by atoms with Crippen molar-refractivity contribution in [2.45, 2.75) is 10.4 Å². The van der Waals surface area contributed by atoms with Crippen LogP contribution in [-0.2, 0) is 14.6 Å². The highest BCUT2D eigenvalue weighted by Gasteiger charge is 2.46. The molecule has 1 heterocycles. The molecule has 1 aromatic heterocycles. The molecule has 25 heavy (non-hydrogen) atoms. The van der Waals surface area contributed by atoms with Gasteiger partial charge in [-0.3, -0.25) is 4.79 Å². The largest absolute Gasteiger partial charge is 0.501 e. The van der Waals surface area contributed by atoms with Gasteiger partial charge >= 0.3 is 11.5 Å². The zero-order valence-electron chi connectivity index (χ0n) is 12.5. The molecule has 1 aromatic carbocycles. The summed E-state index contributed by atoms with van der Waals surface area (Å²) in [5, 5.41) is 3.95. The second kappa shape index (κ2) is 6.84. The minimum absolute atomic E-state index is 0.0804. The van der Waals surface area contributed by atoms with Gasteiger partial charge in [0.05, 0.1) is 17.7 Å². The van der Waals surface area contributed by atoms with E-state index < -0.39 is 32.1 Å². The summed E-state index contributed by atoms with van der Waals surface area (Å²) >= 11 is 1.03. The molecule has 0 aliphatic heterocycles. The highest BCUT2D eigenvalue weighted by molar-refractivity contribution is 7.92. The number of anilines is 1. The Morgan fingerprint density at radius 3 is 2.24 bits per heavy atom. The van der Waals surface area contributed by atoms with Gasteiger partial charge in [0.25, 0.3) is 15.7 Å². The summed E-state index contributed by atoms with van der Waals surface area (Å²) in [6.07, 6.45) is 0. The fourth-order valence-electron chi connectivity index (χ4n) is 1.77. The van der Waals surface area contributed by atoms with E-state index in [1.165, 1.54) is 13.2 Å². The summed E-state index contributed by atoms with van der Waals surface area (Å²) in [5.41, 5.74) is -5.33. The van der Waals surface area contributed by atoms with Crippen LogP contribution in [0.25, 0.3) is 0 Å². The molecule has 1 N–H and O–H groups in total. The number of ether oxygens (including phenoxy) is 1. The summed E-state index contributed by atoms with van der Waals surface area (Å²) in [4.78, 5) is 22.8. The maximum absolute atomic E-state index is 12.5. The van der Waals surface area contributed by atoms with Crippen molar-refractivity contribution in [2.24, 2.45) is 0 Å². The van der Waals surface area contributed by atoms with Crippen molar-refractivity contribution in [3.05, 3.63) is 46.2 Å². The molecule has 0 saturated carbocycles. The quantitative estimate of drug-likeness (QED) is 0.807. The molecule has 0 aliphatic carbocycles. The molecule has 0 fully saturated rings. The first kappa shape index (κ1) is 18.9. The maximum atomic E-state index is 12.5. The number of esters is 1. The van der Waals surface area contributed by atoms with E-state index in [1.54, 1.807) is 5.38 Å². The van der Waals surface area contributed by atoms with E-state index in [-0.39, 0.29) is 16.1 Å². The molecule has 134 valence electrons. The molecule has 0 bridgehead atoms. The molecule has 0 unspecified atom stereocenters. The number of rotatable bonds is 4. The third kappa shape index (κ3) is 3.82. The highest BCUT2D eigenvalue weighted by atomic mass is 32.2. The summed E-state index contributed by atoms with van der Waals surface area (Å²) in [7, 11) is -4.31. The number of thiophene rings is 1. The van der Waals surface area contributed by atoms with Crippen LogP contribution in [0.4, 0.5) is 18.9 Å².